The Hall–Kier alpha value is -2.73. The number of nitrogens with zero attached hydrogens (tertiary/aromatic N) is 1. The number of aromatic nitrogens is 1. The van der Waals surface area contributed by atoms with Crippen molar-refractivity contribution < 1.29 is 36.0 Å². The number of halogens is 1. The number of aromatic hydroxyl groups is 1. The molecule has 0 spiro atoms. The summed E-state index contributed by atoms with van der Waals surface area (Å²) in [6.45, 7) is 0. The number of nitrogens with one attached hydrogen (secondary N) is 1. The maximum Gasteiger partial charge on any atom is 0.219 e. The highest BCUT2D eigenvalue weighted by atomic mass is 79.9. The number of phenols is 1. The summed E-state index contributed by atoms with van der Waals surface area (Å²) in [5.74, 6) is 1.65. The first kappa shape index (κ1) is 18.1. The lowest BCUT2D eigenvalue weighted by Crippen LogP contribution is -3.00. The van der Waals surface area contributed by atoms with Crippen molar-refractivity contribution in [1.29, 1.82) is 0 Å². The maximum atomic E-state index is 10.2. The summed E-state index contributed by atoms with van der Waals surface area (Å²) in [6, 6.07) is 11.6. The second-order valence-corrected chi connectivity index (χ2v) is 5.89. The fourth-order valence-corrected chi connectivity index (χ4v) is 3.31. The highest BCUT2D eigenvalue weighted by Crippen LogP contribution is 2.35. The Bertz CT molecular complexity index is 1130. The van der Waals surface area contributed by atoms with Crippen molar-refractivity contribution in [1.82, 2.24) is 0 Å². The van der Waals surface area contributed by atoms with Gasteiger partial charge in [-0.2, -0.15) is 4.40 Å². The standard InChI is InChI=1S/C20H18N2O3.BrH/c1-21-16-4-5-18(23)15-11-22-7-6-12-8-19(24-2)20(25-3)10-13(12)17(22)9-14(15)16;/h4-11,21H,1-3H3;1H. The normalized spacial score (nSPS) is 10.7. The van der Waals surface area contributed by atoms with E-state index in [2.05, 4.69) is 11.4 Å². The lowest BCUT2D eigenvalue weighted by Gasteiger charge is -2.10. The van der Waals surface area contributed by atoms with Crippen molar-refractivity contribution >= 4 is 32.7 Å². The summed E-state index contributed by atoms with van der Waals surface area (Å²) < 4.78 is 12.9. The van der Waals surface area contributed by atoms with Crippen molar-refractivity contribution in [2.75, 3.05) is 26.6 Å². The SMILES string of the molecule is CNc1ccc(O)c2c[n+]3ccc4cc(OC)c(OC)cc4c3cc12.[Br-]. The van der Waals surface area contributed by atoms with Crippen molar-refractivity contribution in [2.45, 2.75) is 0 Å². The van der Waals surface area contributed by atoms with Gasteiger partial charge >= 0.3 is 0 Å². The average molecular weight is 415 g/mol. The van der Waals surface area contributed by atoms with Crippen LogP contribution in [-0.2, 0) is 0 Å². The number of fused-ring (bicyclic) bond motifs is 4. The number of methoxy groups -OCH3 is 2. The minimum absolute atomic E-state index is 0. The zero-order valence-electron chi connectivity index (χ0n) is 14.7. The Morgan fingerprint density at radius 3 is 2.35 bits per heavy atom. The molecular weight excluding hydrogens is 396 g/mol. The first-order valence-corrected chi connectivity index (χ1v) is 7.99. The van der Waals surface area contributed by atoms with Crippen LogP contribution in [0.2, 0.25) is 0 Å². The van der Waals surface area contributed by atoms with E-state index in [1.165, 1.54) is 0 Å². The van der Waals surface area contributed by atoms with E-state index in [0.717, 1.165) is 32.7 Å². The number of anilines is 1. The van der Waals surface area contributed by atoms with Crippen LogP contribution in [0.15, 0.2) is 48.8 Å². The third-order valence-corrected chi connectivity index (χ3v) is 4.61. The summed E-state index contributed by atoms with van der Waals surface area (Å²) in [4.78, 5) is 0. The number of benzene rings is 2. The Labute approximate surface area is 161 Å². The van der Waals surface area contributed by atoms with Gasteiger partial charge in [-0.15, -0.1) is 0 Å². The third-order valence-electron chi connectivity index (χ3n) is 4.61. The summed E-state index contributed by atoms with van der Waals surface area (Å²) >= 11 is 0. The molecule has 0 amide bonds. The van der Waals surface area contributed by atoms with Crippen molar-refractivity contribution in [3.8, 4) is 17.2 Å². The van der Waals surface area contributed by atoms with E-state index >= 15 is 0 Å². The van der Waals surface area contributed by atoms with Gasteiger partial charge in [0.2, 0.25) is 5.52 Å². The minimum Gasteiger partial charge on any atom is -1.00 e. The predicted octanol–water partition coefficient (Wildman–Crippen LogP) is 0.500. The van der Waals surface area contributed by atoms with Gasteiger partial charge in [0.25, 0.3) is 0 Å². The molecule has 0 aliphatic rings. The van der Waals surface area contributed by atoms with Gasteiger partial charge < -0.3 is 36.9 Å². The molecule has 2 aromatic carbocycles. The second kappa shape index (κ2) is 6.88. The van der Waals surface area contributed by atoms with Crippen LogP contribution in [0.1, 0.15) is 0 Å². The van der Waals surface area contributed by atoms with Gasteiger partial charge in [0.05, 0.1) is 25.0 Å². The average Bonchev–Trinajstić information content (AvgIpc) is 2.66. The molecule has 0 unspecified atom stereocenters. The molecule has 0 saturated heterocycles. The molecule has 2 aromatic heterocycles. The summed E-state index contributed by atoms with van der Waals surface area (Å²) in [7, 11) is 5.14. The molecule has 0 atom stereocenters. The quantitative estimate of drug-likeness (QED) is 0.222. The smallest absolute Gasteiger partial charge is 0.219 e. The van der Waals surface area contributed by atoms with Gasteiger partial charge in [-0.25, -0.2) is 0 Å². The Kier molecular flexibility index (Phi) is 4.78. The molecule has 134 valence electrons. The molecule has 6 heteroatoms. The van der Waals surface area contributed by atoms with Gasteiger partial charge in [-0.1, -0.05) is 0 Å². The zero-order chi connectivity index (χ0) is 17.6. The second-order valence-electron chi connectivity index (χ2n) is 5.89. The molecule has 0 radical (unpaired) electrons. The Morgan fingerprint density at radius 2 is 1.65 bits per heavy atom. The number of pyridine rings is 2. The van der Waals surface area contributed by atoms with Gasteiger partial charge in [0.1, 0.15) is 5.75 Å². The van der Waals surface area contributed by atoms with E-state index in [1.54, 1.807) is 20.3 Å². The predicted molar refractivity (Wildman–Crippen MR) is 98.9 cm³/mol. The highest BCUT2D eigenvalue weighted by molar-refractivity contribution is 6.03. The van der Waals surface area contributed by atoms with Crippen LogP contribution in [0.4, 0.5) is 5.69 Å². The van der Waals surface area contributed by atoms with Crippen molar-refractivity contribution in [3.05, 3.63) is 48.8 Å². The van der Waals surface area contributed by atoms with Crippen LogP contribution >= 0.6 is 0 Å². The molecule has 0 aliphatic carbocycles. The van der Waals surface area contributed by atoms with Crippen LogP contribution in [0.25, 0.3) is 27.1 Å². The first-order valence-electron chi connectivity index (χ1n) is 7.99. The fraction of sp³-hybridized carbons (Fsp3) is 0.150. The molecule has 4 rings (SSSR count). The molecule has 26 heavy (non-hydrogen) atoms. The van der Waals surface area contributed by atoms with E-state index in [9.17, 15) is 5.11 Å². The fourth-order valence-electron chi connectivity index (χ4n) is 3.31. The van der Waals surface area contributed by atoms with E-state index in [0.29, 0.717) is 11.5 Å². The van der Waals surface area contributed by atoms with Crippen molar-refractivity contribution in [2.24, 2.45) is 0 Å². The van der Waals surface area contributed by atoms with Crippen LogP contribution in [-0.4, -0.2) is 26.4 Å². The lowest BCUT2D eigenvalue weighted by atomic mass is 10.1. The molecule has 0 fully saturated rings. The largest absolute Gasteiger partial charge is 1.00 e. The van der Waals surface area contributed by atoms with E-state index in [-0.39, 0.29) is 22.7 Å². The summed E-state index contributed by atoms with van der Waals surface area (Å²) in [5.41, 5.74) is 1.99. The molecule has 2 heterocycles. The monoisotopic (exact) mass is 414 g/mol. The molecule has 5 nitrogen and oxygen atoms in total. The molecule has 4 aromatic rings. The number of rotatable bonds is 3. The van der Waals surface area contributed by atoms with Crippen LogP contribution in [0.3, 0.4) is 0 Å². The first-order chi connectivity index (χ1) is 12.2. The maximum absolute atomic E-state index is 10.2. The third kappa shape index (κ3) is 2.66. The van der Waals surface area contributed by atoms with E-state index in [1.807, 2.05) is 48.1 Å². The number of hydrogen-bond acceptors (Lipinski definition) is 4. The van der Waals surface area contributed by atoms with E-state index in [4.69, 9.17) is 9.47 Å². The van der Waals surface area contributed by atoms with Crippen LogP contribution in [0, 0.1) is 0 Å². The molecular formula is C20H19BrN2O3. The highest BCUT2D eigenvalue weighted by Gasteiger charge is 2.16. The molecule has 0 bridgehead atoms. The Balaban J connectivity index is 0.00000196. The van der Waals surface area contributed by atoms with Crippen LogP contribution in [0.5, 0.6) is 17.2 Å². The number of hydrogen-bond donors (Lipinski definition) is 2. The van der Waals surface area contributed by atoms with Gasteiger partial charge in [-0.05, 0) is 29.7 Å². The molecule has 0 aliphatic heterocycles. The minimum atomic E-state index is 0. The lowest BCUT2D eigenvalue weighted by molar-refractivity contribution is -0.509. The number of ether oxygens (including phenoxy) is 2. The van der Waals surface area contributed by atoms with Gasteiger partial charge in [0, 0.05) is 30.3 Å². The van der Waals surface area contributed by atoms with E-state index < -0.39 is 0 Å². The number of phenolic OH excluding ortho intramolecular Hbond substituents is 1. The summed E-state index contributed by atoms with van der Waals surface area (Å²) in [6.07, 6.45) is 3.92. The van der Waals surface area contributed by atoms with Gasteiger partial charge in [-0.3, -0.25) is 0 Å². The molecule has 2 N–H and O–H groups in total. The Morgan fingerprint density at radius 1 is 0.923 bits per heavy atom. The van der Waals surface area contributed by atoms with Crippen molar-refractivity contribution in [3.63, 3.8) is 0 Å². The topological polar surface area (TPSA) is 54.8 Å². The van der Waals surface area contributed by atoms with Crippen LogP contribution < -0.4 is 36.2 Å². The van der Waals surface area contributed by atoms with Gasteiger partial charge in [0.15, 0.2) is 23.9 Å². The summed E-state index contributed by atoms with van der Waals surface area (Å²) in [5, 5.41) is 17.3. The molecule has 0 saturated carbocycles. The zero-order valence-corrected chi connectivity index (χ0v) is 16.3.